The maximum absolute atomic E-state index is 13.2. The van der Waals surface area contributed by atoms with Gasteiger partial charge < -0.3 is 14.5 Å². The lowest BCUT2D eigenvalue weighted by molar-refractivity contribution is 0.313. The third kappa shape index (κ3) is 4.42. The Bertz CT molecular complexity index is 1410. The van der Waals surface area contributed by atoms with E-state index in [0.717, 1.165) is 42.8 Å². The van der Waals surface area contributed by atoms with E-state index in [1.165, 1.54) is 6.07 Å². The molecule has 1 aliphatic heterocycles. The van der Waals surface area contributed by atoms with E-state index in [-0.39, 0.29) is 4.90 Å². The molecule has 0 spiro atoms. The number of aromatic amines is 1. The molecule has 34 heavy (non-hydrogen) atoms. The Hall–Kier alpha value is -3.63. The number of fused-ring (bicyclic) bond motifs is 1. The normalized spacial score (nSPS) is 14.9. The van der Waals surface area contributed by atoms with Crippen LogP contribution in [0, 0.1) is 0 Å². The van der Waals surface area contributed by atoms with Crippen molar-refractivity contribution >= 4 is 32.4 Å². The third-order valence-corrected chi connectivity index (χ3v) is 7.45. The monoisotopic (exact) mass is 478 g/mol. The van der Waals surface area contributed by atoms with Crippen molar-refractivity contribution in [1.29, 1.82) is 0 Å². The van der Waals surface area contributed by atoms with Crippen molar-refractivity contribution in [2.75, 3.05) is 50.0 Å². The summed E-state index contributed by atoms with van der Waals surface area (Å²) in [5.74, 6) is 0.556. The molecule has 0 aliphatic carbocycles. The Kier molecular flexibility index (Phi) is 5.84. The Morgan fingerprint density at radius 2 is 1.76 bits per heavy atom. The quantitative estimate of drug-likeness (QED) is 0.439. The summed E-state index contributed by atoms with van der Waals surface area (Å²) in [6.45, 7) is 3.93. The maximum atomic E-state index is 13.2. The molecule has 1 fully saturated rings. The molecule has 10 heteroatoms. The fourth-order valence-corrected chi connectivity index (χ4v) is 5.17. The Morgan fingerprint density at radius 3 is 2.50 bits per heavy atom. The first kappa shape index (κ1) is 22.2. The molecule has 0 atom stereocenters. The molecule has 5 rings (SSSR count). The van der Waals surface area contributed by atoms with E-state index in [9.17, 15) is 8.42 Å². The van der Waals surface area contributed by atoms with E-state index in [1.807, 2.05) is 18.2 Å². The average Bonchev–Trinajstić information content (AvgIpc) is 3.32. The predicted octanol–water partition coefficient (Wildman–Crippen LogP) is 3.19. The number of rotatable bonds is 6. The number of pyridine rings is 1. The number of methoxy groups -OCH3 is 1. The van der Waals surface area contributed by atoms with Gasteiger partial charge in [-0.25, -0.2) is 13.4 Å². The summed E-state index contributed by atoms with van der Waals surface area (Å²) in [6.07, 6.45) is 3.34. The van der Waals surface area contributed by atoms with E-state index < -0.39 is 10.0 Å². The highest BCUT2D eigenvalue weighted by atomic mass is 32.2. The number of ether oxygens (including phenoxy) is 1. The van der Waals surface area contributed by atoms with Crippen LogP contribution in [0.1, 0.15) is 0 Å². The lowest BCUT2D eigenvalue weighted by Crippen LogP contribution is -2.44. The highest BCUT2D eigenvalue weighted by molar-refractivity contribution is 7.92. The first-order chi connectivity index (χ1) is 16.4. The topological polar surface area (TPSA) is 103 Å². The lowest BCUT2D eigenvalue weighted by Gasteiger charge is -2.34. The van der Waals surface area contributed by atoms with Crippen LogP contribution in [0.2, 0.25) is 0 Å². The second-order valence-electron chi connectivity index (χ2n) is 8.34. The molecule has 4 aromatic rings. The molecule has 3 heterocycles. The number of aromatic nitrogens is 3. The second-order valence-corrected chi connectivity index (χ2v) is 10.0. The van der Waals surface area contributed by atoms with Gasteiger partial charge in [-0.3, -0.25) is 9.82 Å². The summed E-state index contributed by atoms with van der Waals surface area (Å²) in [5, 5.41) is 7.63. The number of nitrogens with one attached hydrogen (secondary N) is 2. The standard InChI is InChI=1S/C24H26N6O3S/c1-29-9-11-30(12-10-29)20-5-3-19(4-6-20)28-34(31,32)21-7-8-23(33-2)22(14-21)17-13-18-16-26-27-24(18)25-15-17/h3-8,13-16,28H,9-12H2,1-2H3,(H,25,26,27). The minimum atomic E-state index is -3.81. The molecule has 0 unspecified atom stereocenters. The van der Waals surface area contributed by atoms with Gasteiger partial charge >= 0.3 is 0 Å². The molecule has 0 bridgehead atoms. The fraction of sp³-hybridized carbons (Fsp3) is 0.250. The van der Waals surface area contributed by atoms with Gasteiger partial charge in [-0.15, -0.1) is 0 Å². The minimum Gasteiger partial charge on any atom is -0.496 e. The maximum Gasteiger partial charge on any atom is 0.261 e. The van der Waals surface area contributed by atoms with Crippen LogP contribution in [-0.2, 0) is 10.0 Å². The number of piperazine rings is 1. The number of hydrogen-bond donors (Lipinski definition) is 2. The molecule has 9 nitrogen and oxygen atoms in total. The van der Waals surface area contributed by atoms with Gasteiger partial charge in [0, 0.05) is 60.3 Å². The van der Waals surface area contributed by atoms with Crippen LogP contribution < -0.4 is 14.4 Å². The first-order valence-corrected chi connectivity index (χ1v) is 12.5. The molecular weight excluding hydrogens is 452 g/mol. The van der Waals surface area contributed by atoms with E-state index in [0.29, 0.717) is 22.6 Å². The number of sulfonamides is 1. The fourth-order valence-electron chi connectivity index (χ4n) is 4.08. The summed E-state index contributed by atoms with van der Waals surface area (Å²) < 4.78 is 34.5. The van der Waals surface area contributed by atoms with Crippen LogP contribution in [0.4, 0.5) is 11.4 Å². The zero-order chi connectivity index (χ0) is 23.7. The number of benzene rings is 2. The molecule has 1 aliphatic rings. The van der Waals surface area contributed by atoms with E-state index in [2.05, 4.69) is 36.8 Å². The van der Waals surface area contributed by atoms with Gasteiger partial charge in [-0.2, -0.15) is 5.10 Å². The van der Waals surface area contributed by atoms with Crippen molar-refractivity contribution in [3.8, 4) is 16.9 Å². The third-order valence-electron chi connectivity index (χ3n) is 6.07. The largest absolute Gasteiger partial charge is 0.496 e. The SMILES string of the molecule is COc1ccc(S(=O)(=O)Nc2ccc(N3CCN(C)CC3)cc2)cc1-c1cnc2[nH]ncc2c1. The van der Waals surface area contributed by atoms with Crippen LogP contribution in [-0.4, -0.2) is 68.8 Å². The summed E-state index contributed by atoms with van der Waals surface area (Å²) in [7, 11) is -0.140. The number of nitrogens with zero attached hydrogens (tertiary/aromatic N) is 4. The molecule has 0 radical (unpaired) electrons. The summed E-state index contributed by atoms with van der Waals surface area (Å²) in [6, 6.07) is 14.2. The molecule has 0 saturated carbocycles. The Labute approximate surface area is 198 Å². The van der Waals surface area contributed by atoms with Gasteiger partial charge in [0.15, 0.2) is 5.65 Å². The highest BCUT2D eigenvalue weighted by Crippen LogP contribution is 2.33. The molecule has 2 N–H and O–H groups in total. The zero-order valence-electron chi connectivity index (χ0n) is 19.0. The zero-order valence-corrected chi connectivity index (χ0v) is 19.8. The number of hydrogen-bond acceptors (Lipinski definition) is 7. The molecule has 0 amide bonds. The molecule has 2 aromatic heterocycles. The van der Waals surface area contributed by atoms with Crippen molar-refractivity contribution in [2.45, 2.75) is 4.90 Å². The number of anilines is 2. The summed E-state index contributed by atoms with van der Waals surface area (Å²) in [5.41, 5.74) is 3.63. The van der Waals surface area contributed by atoms with E-state index in [1.54, 1.807) is 43.8 Å². The van der Waals surface area contributed by atoms with Crippen LogP contribution >= 0.6 is 0 Å². The summed E-state index contributed by atoms with van der Waals surface area (Å²) >= 11 is 0. The van der Waals surface area contributed by atoms with Gasteiger partial charge in [-0.1, -0.05) is 0 Å². The van der Waals surface area contributed by atoms with Crippen LogP contribution in [0.3, 0.4) is 0 Å². The molecule has 1 saturated heterocycles. The summed E-state index contributed by atoms with van der Waals surface area (Å²) in [4.78, 5) is 9.10. The van der Waals surface area contributed by atoms with E-state index in [4.69, 9.17) is 4.74 Å². The van der Waals surface area contributed by atoms with Crippen LogP contribution in [0.15, 0.2) is 65.8 Å². The lowest BCUT2D eigenvalue weighted by atomic mass is 10.1. The van der Waals surface area contributed by atoms with Gasteiger partial charge in [0.25, 0.3) is 10.0 Å². The number of likely N-dealkylation sites (N-methyl/N-ethyl adjacent to an activating group) is 1. The smallest absolute Gasteiger partial charge is 0.261 e. The molecule has 2 aromatic carbocycles. The van der Waals surface area contributed by atoms with E-state index >= 15 is 0 Å². The molecule has 176 valence electrons. The van der Waals surface area contributed by atoms with Gasteiger partial charge in [-0.05, 0) is 55.6 Å². The van der Waals surface area contributed by atoms with Gasteiger partial charge in [0.1, 0.15) is 5.75 Å². The van der Waals surface area contributed by atoms with Crippen molar-refractivity contribution in [2.24, 2.45) is 0 Å². The Morgan fingerprint density at radius 1 is 1.00 bits per heavy atom. The minimum absolute atomic E-state index is 0.138. The van der Waals surface area contributed by atoms with Crippen molar-refractivity contribution in [3.63, 3.8) is 0 Å². The number of H-pyrrole nitrogens is 1. The predicted molar refractivity (Wildman–Crippen MR) is 133 cm³/mol. The average molecular weight is 479 g/mol. The molecular formula is C24H26N6O3S. The highest BCUT2D eigenvalue weighted by Gasteiger charge is 2.19. The van der Waals surface area contributed by atoms with Crippen LogP contribution in [0.25, 0.3) is 22.2 Å². The van der Waals surface area contributed by atoms with Crippen LogP contribution in [0.5, 0.6) is 5.75 Å². The second kappa shape index (κ2) is 8.96. The van der Waals surface area contributed by atoms with Crippen molar-refractivity contribution < 1.29 is 13.2 Å². The first-order valence-electron chi connectivity index (χ1n) is 11.0. The van der Waals surface area contributed by atoms with Crippen molar-refractivity contribution in [1.82, 2.24) is 20.1 Å². The van der Waals surface area contributed by atoms with Gasteiger partial charge in [0.05, 0.1) is 18.2 Å². The van der Waals surface area contributed by atoms with Gasteiger partial charge in [0.2, 0.25) is 0 Å². The van der Waals surface area contributed by atoms with Crippen molar-refractivity contribution in [3.05, 3.63) is 60.9 Å². The Balaban J connectivity index is 1.40.